The number of hydrogen-bond acceptors (Lipinski definition) is 26. The topological polar surface area (TPSA) is 428 Å². The van der Waals surface area contributed by atoms with Crippen molar-refractivity contribution in [3.05, 3.63) is 257 Å². The van der Waals surface area contributed by atoms with E-state index < -0.39 is 0 Å². The van der Waals surface area contributed by atoms with E-state index in [2.05, 4.69) is 94.9 Å². The van der Waals surface area contributed by atoms with Crippen LogP contribution in [0.1, 0.15) is 40.7 Å². The normalized spacial score (nSPS) is 12.0. The predicted molar refractivity (Wildman–Crippen MR) is 492 cm³/mol. The molecule has 8 aromatic heterocycles. The number of hydrogen-bond donors (Lipinski definition) is 12. The summed E-state index contributed by atoms with van der Waals surface area (Å²) in [7, 11) is 12.7. The Hall–Kier alpha value is -15.2. The van der Waals surface area contributed by atoms with Crippen molar-refractivity contribution < 1.29 is 38.1 Å². The SMILES string of the molecule is CNc1cc2nc3c(cnn13)NC(=O)NCCc1cccc(c1)N2.COc1ccc(CN(C)c2cc(Cl)nc3c(N)cnn23)cc1.COc1ccc(CN(C)c2cc(Cl)nc3c(NC(=O)CCCOc4ccc(N)cc4)cnn23)cc1.COc1ccc(CN(C)c2cc3nc4c(cnn24)NC(=O)NCCc2cccc(c2)N3)cc1.NCCOc1cccc(N)c1. The molecule has 2 aliphatic rings. The number of nitrogen functional groups attached to an aromatic ring is 3. The van der Waals surface area contributed by atoms with Crippen LogP contribution >= 0.6 is 23.2 Å². The molecule has 8 bridgehead atoms. The van der Waals surface area contributed by atoms with Gasteiger partial charge in [-0.05, 0) is 144 Å². The van der Waals surface area contributed by atoms with E-state index in [9.17, 15) is 14.4 Å². The van der Waals surface area contributed by atoms with Crippen LogP contribution in [0.15, 0.2) is 219 Å². The number of carbonyl (C=O) groups is 3. The summed E-state index contributed by atoms with van der Waals surface area (Å²) in [5.41, 5.74) is 35.5. The molecular weight excluding hydrogens is 1630 g/mol. The van der Waals surface area contributed by atoms with Gasteiger partial charge in [0.2, 0.25) is 5.91 Å². The smallest absolute Gasteiger partial charge is 0.319 e. The van der Waals surface area contributed by atoms with E-state index in [0.29, 0.717) is 143 Å². The van der Waals surface area contributed by atoms with Crippen molar-refractivity contribution in [1.29, 1.82) is 0 Å². The van der Waals surface area contributed by atoms with Crippen molar-refractivity contribution >= 4 is 144 Å². The fourth-order valence-corrected chi connectivity index (χ4v) is 13.6. The number of amides is 5. The Labute approximate surface area is 730 Å². The second kappa shape index (κ2) is 41.8. The van der Waals surface area contributed by atoms with Crippen molar-refractivity contribution in [2.24, 2.45) is 5.73 Å². The van der Waals surface area contributed by atoms with Crippen molar-refractivity contribution in [2.45, 2.75) is 45.3 Å². The maximum Gasteiger partial charge on any atom is 0.319 e. The Morgan fingerprint density at radius 1 is 0.472 bits per heavy atom. The maximum atomic E-state index is 12.5. The van der Waals surface area contributed by atoms with E-state index in [1.165, 1.54) is 0 Å². The van der Waals surface area contributed by atoms with Gasteiger partial charge in [0.25, 0.3) is 0 Å². The molecule has 0 spiro atoms. The zero-order valence-electron chi connectivity index (χ0n) is 69.8. The summed E-state index contributed by atoms with van der Waals surface area (Å²) in [6.45, 7) is 4.51. The van der Waals surface area contributed by atoms with Gasteiger partial charge in [-0.1, -0.05) is 89.9 Å². The van der Waals surface area contributed by atoms with E-state index in [1.807, 2.05) is 178 Å². The number of ether oxygens (including phenoxy) is 5. The predicted octanol–water partition coefficient (Wildman–Crippen LogP) is 13.6. The summed E-state index contributed by atoms with van der Waals surface area (Å²) in [4.78, 5) is 61.1. The van der Waals surface area contributed by atoms with Gasteiger partial charge >= 0.3 is 12.1 Å². The minimum absolute atomic E-state index is 0.157. The molecule has 15 aromatic rings. The van der Waals surface area contributed by atoms with Crippen LogP contribution in [0.3, 0.4) is 0 Å². The number of nitrogens with zero attached hydrogens (tertiary/aromatic N) is 15. The standard InChI is InChI=1S/C25H27ClN6O3.C24H25N7O2.C16H17N7O.C15H16ClN5O.C8H12N2O/c1-31(16-17-5-9-19(34-2)10-6-17)24-14-22(26)30-25-21(15-28-32(24)25)29-23(33)4-3-13-35-20-11-7-18(27)8-12-20;1-30(15-17-6-8-19(33-2)9-7-17)22-13-21-27-18-5-3-4-16(12-18)10-11-25-24(32)28-20-14-26-31(22)23(20)29-21;1-17-14-8-13-20-11-4-2-3-10(7-11)5-6-18-16(24)21-12-9-19-23(14)15(12)22-13;1-20(9-10-3-5-11(22-2)6-4-10)14-7-13(16)19-15-12(17)8-18-21(14)15;9-4-5-11-8-3-1-2-7(10)6-8/h5-12,14-15H,3-4,13,16,27H2,1-2H3,(H,29,33);3-9,12-14H,10-11,15H2,1-2H3,(H,27,29)(H2,25,28,32);2-4,7-9,17H,5-6H2,1H3,(H,20,22)(H2,18,21,24);3-8H,9,17H2,1-2H3;1-3,6H,4-5,9-10H2. The molecule has 0 unspecified atom stereocenters. The molecule has 0 saturated carbocycles. The Morgan fingerprint density at radius 2 is 0.928 bits per heavy atom. The Balaban J connectivity index is 0.000000139. The number of nitrogens with two attached hydrogens (primary N) is 4. The van der Waals surface area contributed by atoms with E-state index in [4.69, 9.17) is 74.8 Å². The third-order valence-corrected chi connectivity index (χ3v) is 19.9. The molecule has 125 heavy (non-hydrogen) atoms. The van der Waals surface area contributed by atoms with Crippen molar-refractivity contribution in [3.8, 4) is 28.7 Å². The number of benzene rings is 7. The lowest BCUT2D eigenvalue weighted by molar-refractivity contribution is -0.116. The summed E-state index contributed by atoms with van der Waals surface area (Å²) in [5.74, 6) is 8.29. The van der Waals surface area contributed by atoms with Crippen LogP contribution < -0.4 is 104 Å². The van der Waals surface area contributed by atoms with Gasteiger partial charge in [0.05, 0.1) is 58.4 Å². The van der Waals surface area contributed by atoms with Gasteiger partial charge < -0.3 is 104 Å². The molecular formula is C88H97Cl2N27O8. The van der Waals surface area contributed by atoms with Crippen molar-refractivity contribution in [1.82, 2.24) is 69.0 Å². The third-order valence-electron chi connectivity index (χ3n) is 19.5. The van der Waals surface area contributed by atoms with Crippen LogP contribution in [-0.2, 0) is 37.3 Å². The van der Waals surface area contributed by atoms with Gasteiger partial charge in [0.1, 0.15) is 97.6 Å². The largest absolute Gasteiger partial charge is 0.497 e. The van der Waals surface area contributed by atoms with E-state index >= 15 is 0 Å². The second-order valence-corrected chi connectivity index (χ2v) is 29.4. The molecule has 5 amide bonds. The zero-order valence-corrected chi connectivity index (χ0v) is 71.3. The molecule has 37 heteroatoms. The fraction of sp³-hybridized carbons (Fsp3) is 0.216. The average molecular weight is 1730 g/mol. The van der Waals surface area contributed by atoms with Crippen LogP contribution in [-0.4, -0.2) is 159 Å². The number of nitrogens with one attached hydrogen (secondary N) is 8. The van der Waals surface area contributed by atoms with Gasteiger partial charge in [-0.25, -0.2) is 29.5 Å². The average Bonchev–Trinajstić information content (AvgIpc) is 1.65. The Morgan fingerprint density at radius 3 is 1.45 bits per heavy atom. The van der Waals surface area contributed by atoms with Crippen LogP contribution in [0.25, 0.3) is 22.6 Å². The molecule has 16 N–H and O–H groups in total. The van der Waals surface area contributed by atoms with Gasteiger partial charge in [-0.15, -0.1) is 0 Å². The lowest BCUT2D eigenvalue weighted by Gasteiger charge is -2.21. The summed E-state index contributed by atoms with van der Waals surface area (Å²) < 4.78 is 33.3. The summed E-state index contributed by atoms with van der Waals surface area (Å²) in [6.07, 6.45) is 8.68. The minimum Gasteiger partial charge on any atom is -0.497 e. The first-order valence-corrected chi connectivity index (χ1v) is 40.5. The molecule has 17 rings (SSSR count). The van der Waals surface area contributed by atoms with Gasteiger partial charge in [-0.2, -0.15) is 38.5 Å². The highest BCUT2D eigenvalue weighted by Gasteiger charge is 2.22. The number of fused-ring (bicyclic) bond motifs is 8. The molecule has 7 aromatic carbocycles. The van der Waals surface area contributed by atoms with Crippen molar-refractivity contribution in [2.75, 3.05) is 146 Å². The highest BCUT2D eigenvalue weighted by atomic mass is 35.5. The molecule has 10 heterocycles. The quantitative estimate of drug-likeness (QED) is 0.0170. The highest BCUT2D eigenvalue weighted by Crippen LogP contribution is 2.32. The molecule has 646 valence electrons. The lowest BCUT2D eigenvalue weighted by Crippen LogP contribution is -2.30. The third kappa shape index (κ3) is 23.5. The van der Waals surface area contributed by atoms with Gasteiger partial charge in [0.15, 0.2) is 22.6 Å². The van der Waals surface area contributed by atoms with Gasteiger partial charge in [0, 0.05) is 127 Å². The minimum atomic E-state index is -0.284. The molecule has 0 radical (unpaired) electrons. The van der Waals surface area contributed by atoms with E-state index in [1.54, 1.807) is 107 Å². The fourth-order valence-electron chi connectivity index (χ4n) is 13.3. The Bertz CT molecular complexity index is 6180. The molecule has 0 aliphatic carbocycles. The molecule has 35 nitrogen and oxygen atoms in total. The summed E-state index contributed by atoms with van der Waals surface area (Å²) >= 11 is 12.4. The van der Waals surface area contributed by atoms with E-state index in [0.717, 1.165) is 98.3 Å². The summed E-state index contributed by atoms with van der Waals surface area (Å²) in [6, 6.07) is 61.1. The number of urea groups is 2. The summed E-state index contributed by atoms with van der Waals surface area (Å²) in [5, 5.41) is 42.3. The first-order chi connectivity index (χ1) is 60.6. The second-order valence-electron chi connectivity index (χ2n) is 28.7. The van der Waals surface area contributed by atoms with Crippen molar-refractivity contribution in [3.63, 3.8) is 0 Å². The molecule has 0 fully saturated rings. The number of anilines is 14. The first-order valence-electron chi connectivity index (χ1n) is 39.8. The molecule has 0 saturated heterocycles. The van der Waals surface area contributed by atoms with Gasteiger partial charge in [-0.3, -0.25) is 4.79 Å². The monoisotopic (exact) mass is 1730 g/mol. The van der Waals surface area contributed by atoms with E-state index in [-0.39, 0.29) is 24.4 Å². The zero-order chi connectivity index (χ0) is 87.9. The highest BCUT2D eigenvalue weighted by molar-refractivity contribution is 6.30. The van der Waals surface area contributed by atoms with Crippen LogP contribution in [0.4, 0.5) is 90.0 Å². The lowest BCUT2D eigenvalue weighted by atomic mass is 10.1. The maximum absolute atomic E-state index is 12.5. The van der Waals surface area contributed by atoms with Crippen LogP contribution in [0.2, 0.25) is 10.3 Å². The molecule has 0 atom stereocenters. The Kier molecular flexibility index (Phi) is 29.3. The number of carbonyl (C=O) groups excluding carboxylic acids is 3. The van der Waals surface area contributed by atoms with Crippen LogP contribution in [0.5, 0.6) is 28.7 Å². The number of methoxy groups -OCH3 is 3. The number of rotatable bonds is 22. The first kappa shape index (κ1) is 87.6. The number of halogens is 2. The number of aromatic nitrogens is 12. The van der Waals surface area contributed by atoms with Crippen LogP contribution in [0, 0.1) is 0 Å². The molecule has 2 aliphatic heterocycles.